The van der Waals surface area contributed by atoms with Gasteiger partial charge in [-0.05, 0) is 38.3 Å². The molecule has 2 amide bonds. The molecule has 156 valence electrons. The summed E-state index contributed by atoms with van der Waals surface area (Å²) < 4.78 is 1.72. The molecular formula is C22H30N4O3. The molecule has 1 aromatic carbocycles. The Kier molecular flexibility index (Phi) is 6.67. The minimum absolute atomic E-state index is 0.116. The number of carbonyl (C=O) groups is 3. The van der Waals surface area contributed by atoms with Crippen molar-refractivity contribution in [2.75, 3.05) is 0 Å². The number of hydrogen-bond donors (Lipinski definition) is 2. The maximum Gasteiger partial charge on any atom is 0.252 e. The first-order valence-corrected chi connectivity index (χ1v) is 10.4. The van der Waals surface area contributed by atoms with Gasteiger partial charge in [0.25, 0.3) is 5.91 Å². The lowest BCUT2D eigenvalue weighted by molar-refractivity contribution is -0.125. The first kappa shape index (κ1) is 21.0. The summed E-state index contributed by atoms with van der Waals surface area (Å²) in [6.07, 6.45) is 6.54. The van der Waals surface area contributed by atoms with E-state index in [2.05, 4.69) is 22.7 Å². The number of unbranched alkanes of at least 4 members (excludes halogenated alkanes) is 1. The van der Waals surface area contributed by atoms with Crippen LogP contribution in [-0.2, 0) is 16.6 Å². The second-order valence-corrected chi connectivity index (χ2v) is 7.94. The van der Waals surface area contributed by atoms with Crippen LogP contribution in [-0.4, -0.2) is 39.5 Å². The number of nitrogens with one attached hydrogen (secondary N) is 2. The molecule has 3 atom stereocenters. The van der Waals surface area contributed by atoms with E-state index >= 15 is 0 Å². The van der Waals surface area contributed by atoms with Gasteiger partial charge in [0, 0.05) is 24.4 Å². The Morgan fingerprint density at radius 2 is 2.07 bits per heavy atom. The standard InChI is InChI=1S/C22H30N4O3/c1-4-5-10-19(22(29)24-18-11-6-8-15(18)14(2)27)25-21(28)16-9-7-12-20-17(16)13-23-26(20)3/h7,9,12-13,15,18-19H,4-6,8,10-11H2,1-3H3,(H,24,29)(H,25,28)/t15-,18-,19-/m0/s1. The van der Waals surface area contributed by atoms with Crippen molar-refractivity contribution in [1.29, 1.82) is 0 Å². The van der Waals surface area contributed by atoms with Crippen LogP contribution in [0.5, 0.6) is 0 Å². The van der Waals surface area contributed by atoms with Gasteiger partial charge in [0.05, 0.1) is 17.3 Å². The van der Waals surface area contributed by atoms with E-state index in [0.717, 1.165) is 43.0 Å². The molecule has 1 saturated carbocycles. The summed E-state index contributed by atoms with van der Waals surface area (Å²) in [4.78, 5) is 37.8. The molecule has 0 unspecified atom stereocenters. The Balaban J connectivity index is 1.75. The zero-order valence-corrected chi connectivity index (χ0v) is 17.4. The number of aromatic nitrogens is 2. The fraction of sp³-hybridized carbons (Fsp3) is 0.545. The monoisotopic (exact) mass is 398 g/mol. The summed E-state index contributed by atoms with van der Waals surface area (Å²) in [5, 5.41) is 10.9. The quantitative estimate of drug-likeness (QED) is 0.715. The molecule has 7 nitrogen and oxygen atoms in total. The van der Waals surface area contributed by atoms with Crippen molar-refractivity contribution in [3.8, 4) is 0 Å². The summed E-state index contributed by atoms with van der Waals surface area (Å²) in [7, 11) is 1.83. The van der Waals surface area contributed by atoms with Crippen molar-refractivity contribution in [2.45, 2.75) is 64.5 Å². The van der Waals surface area contributed by atoms with E-state index < -0.39 is 6.04 Å². The van der Waals surface area contributed by atoms with Crippen molar-refractivity contribution in [2.24, 2.45) is 13.0 Å². The lowest BCUT2D eigenvalue weighted by atomic mass is 9.98. The maximum absolute atomic E-state index is 13.0. The summed E-state index contributed by atoms with van der Waals surface area (Å²) >= 11 is 0. The average Bonchev–Trinajstić information content (AvgIpc) is 3.31. The Hall–Kier alpha value is -2.70. The van der Waals surface area contributed by atoms with Gasteiger partial charge >= 0.3 is 0 Å². The highest BCUT2D eigenvalue weighted by Crippen LogP contribution is 2.26. The minimum atomic E-state index is -0.623. The van der Waals surface area contributed by atoms with Gasteiger partial charge in [-0.25, -0.2) is 0 Å². The number of rotatable bonds is 8. The van der Waals surface area contributed by atoms with Gasteiger partial charge in [-0.2, -0.15) is 5.10 Å². The third-order valence-corrected chi connectivity index (χ3v) is 5.87. The largest absolute Gasteiger partial charge is 0.351 e. The molecule has 0 radical (unpaired) electrons. The van der Waals surface area contributed by atoms with Gasteiger partial charge in [-0.1, -0.05) is 32.3 Å². The second-order valence-electron chi connectivity index (χ2n) is 7.94. The Morgan fingerprint density at radius 3 is 2.79 bits per heavy atom. The fourth-order valence-electron chi connectivity index (χ4n) is 4.19. The molecule has 0 spiro atoms. The van der Waals surface area contributed by atoms with Crippen LogP contribution in [0, 0.1) is 5.92 Å². The molecule has 3 rings (SSSR count). The molecule has 2 N–H and O–H groups in total. The highest BCUT2D eigenvalue weighted by atomic mass is 16.2. The highest BCUT2D eigenvalue weighted by Gasteiger charge is 2.33. The van der Waals surface area contributed by atoms with Gasteiger partial charge in [0.1, 0.15) is 11.8 Å². The number of amides is 2. The number of aryl methyl sites for hydroxylation is 1. The maximum atomic E-state index is 13.0. The van der Waals surface area contributed by atoms with Crippen molar-refractivity contribution in [3.05, 3.63) is 30.0 Å². The van der Waals surface area contributed by atoms with Crippen LogP contribution in [0.4, 0.5) is 0 Å². The first-order chi connectivity index (χ1) is 13.9. The molecule has 1 heterocycles. The highest BCUT2D eigenvalue weighted by molar-refractivity contribution is 6.07. The molecule has 29 heavy (non-hydrogen) atoms. The molecular weight excluding hydrogens is 368 g/mol. The van der Waals surface area contributed by atoms with Gasteiger partial charge in [0.15, 0.2) is 0 Å². The van der Waals surface area contributed by atoms with Crippen LogP contribution in [0.1, 0.15) is 62.7 Å². The SMILES string of the molecule is CCCC[C@H](NC(=O)c1cccc2c1cnn2C)C(=O)N[C@H]1CCC[C@H]1C(C)=O. The predicted molar refractivity (Wildman–Crippen MR) is 111 cm³/mol. The van der Waals surface area contributed by atoms with E-state index in [0.29, 0.717) is 12.0 Å². The lowest BCUT2D eigenvalue weighted by Crippen LogP contribution is -2.51. The van der Waals surface area contributed by atoms with Crippen LogP contribution in [0.15, 0.2) is 24.4 Å². The van der Waals surface area contributed by atoms with Gasteiger partial charge in [-0.15, -0.1) is 0 Å². The Morgan fingerprint density at radius 1 is 1.28 bits per heavy atom. The molecule has 2 aromatic rings. The van der Waals surface area contributed by atoms with E-state index in [1.54, 1.807) is 23.9 Å². The van der Waals surface area contributed by atoms with Crippen LogP contribution in [0.25, 0.3) is 10.9 Å². The number of fused-ring (bicyclic) bond motifs is 1. The normalized spacial score (nSPS) is 19.8. The first-order valence-electron chi connectivity index (χ1n) is 10.4. The zero-order valence-electron chi connectivity index (χ0n) is 17.4. The number of ketones is 1. The molecule has 1 aliphatic carbocycles. The fourth-order valence-corrected chi connectivity index (χ4v) is 4.19. The Labute approximate surface area is 171 Å². The summed E-state index contributed by atoms with van der Waals surface area (Å²) in [5.41, 5.74) is 1.37. The predicted octanol–water partition coefficient (Wildman–Crippen LogP) is 2.74. The number of nitrogens with zero attached hydrogens (tertiary/aromatic N) is 2. The summed E-state index contributed by atoms with van der Waals surface area (Å²) in [6.45, 7) is 3.63. The van der Waals surface area contributed by atoms with Crippen molar-refractivity contribution < 1.29 is 14.4 Å². The third kappa shape index (κ3) is 4.66. The summed E-state index contributed by atoms with van der Waals surface area (Å²) in [5.74, 6) is -0.492. The van der Waals surface area contributed by atoms with Crippen molar-refractivity contribution in [1.82, 2.24) is 20.4 Å². The molecule has 0 bridgehead atoms. The van der Waals surface area contributed by atoms with Crippen LogP contribution >= 0.6 is 0 Å². The van der Waals surface area contributed by atoms with Crippen molar-refractivity contribution >= 4 is 28.5 Å². The van der Waals surface area contributed by atoms with Crippen molar-refractivity contribution in [3.63, 3.8) is 0 Å². The van der Waals surface area contributed by atoms with Gasteiger partial charge < -0.3 is 10.6 Å². The average molecular weight is 399 g/mol. The van der Waals surface area contributed by atoms with Gasteiger partial charge in [-0.3, -0.25) is 19.1 Å². The molecule has 0 aliphatic heterocycles. The second kappa shape index (κ2) is 9.20. The number of Topliss-reactive ketones (excluding diaryl/α,β-unsaturated/α-hetero) is 1. The molecule has 1 fully saturated rings. The lowest BCUT2D eigenvalue weighted by Gasteiger charge is -2.24. The van der Waals surface area contributed by atoms with E-state index in [1.807, 2.05) is 19.2 Å². The summed E-state index contributed by atoms with van der Waals surface area (Å²) in [6, 6.07) is 4.71. The topological polar surface area (TPSA) is 93.1 Å². The third-order valence-electron chi connectivity index (χ3n) is 5.87. The molecule has 7 heteroatoms. The molecule has 1 aromatic heterocycles. The van der Waals surface area contributed by atoms with E-state index in [4.69, 9.17) is 0 Å². The van der Waals surface area contributed by atoms with Crippen LogP contribution < -0.4 is 10.6 Å². The van der Waals surface area contributed by atoms with Crippen LogP contribution in [0.2, 0.25) is 0 Å². The minimum Gasteiger partial charge on any atom is -0.351 e. The van der Waals surface area contributed by atoms with E-state index in [9.17, 15) is 14.4 Å². The number of carbonyl (C=O) groups excluding carboxylic acids is 3. The smallest absolute Gasteiger partial charge is 0.252 e. The Bertz CT molecular complexity index is 905. The molecule has 0 saturated heterocycles. The number of hydrogen-bond acceptors (Lipinski definition) is 4. The van der Waals surface area contributed by atoms with Crippen LogP contribution in [0.3, 0.4) is 0 Å². The zero-order chi connectivity index (χ0) is 21.0. The van der Waals surface area contributed by atoms with Gasteiger partial charge in [0.2, 0.25) is 5.91 Å². The van der Waals surface area contributed by atoms with E-state index in [-0.39, 0.29) is 29.6 Å². The van der Waals surface area contributed by atoms with E-state index in [1.165, 1.54) is 0 Å². The molecule has 1 aliphatic rings. The number of benzene rings is 1.